The van der Waals surface area contributed by atoms with E-state index < -0.39 is 0 Å². The van der Waals surface area contributed by atoms with E-state index in [9.17, 15) is 0 Å². The fourth-order valence-electron chi connectivity index (χ4n) is 1.25. The Morgan fingerprint density at radius 2 is 2.44 bits per heavy atom. The molecule has 2 N–H and O–H groups in total. The normalized spacial score (nSPS) is 12.9. The molecule has 6 heteroatoms. The summed E-state index contributed by atoms with van der Waals surface area (Å²) in [5.74, 6) is 1.66. The lowest BCUT2D eigenvalue weighted by molar-refractivity contribution is 0.360. The zero-order valence-corrected chi connectivity index (χ0v) is 11.2. The Labute approximate surface area is 106 Å². The van der Waals surface area contributed by atoms with Crippen LogP contribution in [-0.4, -0.2) is 16.7 Å². The molecular weight excluding hydrogens is 290 g/mol. The van der Waals surface area contributed by atoms with E-state index in [4.69, 9.17) is 10.3 Å². The molecule has 1 atom stereocenters. The van der Waals surface area contributed by atoms with Gasteiger partial charge in [-0.1, -0.05) is 12.1 Å². The van der Waals surface area contributed by atoms with Gasteiger partial charge in [0.05, 0.1) is 4.88 Å². The molecule has 0 amide bonds. The third kappa shape index (κ3) is 2.69. The molecule has 0 bridgehead atoms. The Hall–Kier alpha value is -0.720. The first-order valence-corrected chi connectivity index (χ1v) is 6.63. The second-order valence-corrected chi connectivity index (χ2v) is 5.51. The van der Waals surface area contributed by atoms with Crippen molar-refractivity contribution in [3.8, 4) is 10.7 Å². The number of nitrogens with zero attached hydrogens (tertiary/aromatic N) is 2. The lowest BCUT2D eigenvalue weighted by Gasteiger charge is -2.01. The predicted octanol–water partition coefficient (Wildman–Crippen LogP) is 2.70. The minimum absolute atomic E-state index is 0.364. The van der Waals surface area contributed by atoms with Crippen molar-refractivity contribution >= 4 is 27.3 Å². The van der Waals surface area contributed by atoms with Crippen molar-refractivity contribution in [1.82, 2.24) is 10.1 Å². The number of hydrogen-bond acceptors (Lipinski definition) is 5. The minimum atomic E-state index is 0.364. The number of hydrogen-bond donors (Lipinski definition) is 1. The molecule has 0 spiro atoms. The highest BCUT2D eigenvalue weighted by Gasteiger charge is 2.12. The van der Waals surface area contributed by atoms with Crippen LogP contribution in [0.1, 0.15) is 12.8 Å². The number of rotatable bonds is 4. The van der Waals surface area contributed by atoms with Gasteiger partial charge in [0.1, 0.15) is 0 Å². The quantitative estimate of drug-likeness (QED) is 0.943. The maximum atomic E-state index is 5.55. The lowest BCUT2D eigenvalue weighted by atomic mass is 10.1. The van der Waals surface area contributed by atoms with E-state index >= 15 is 0 Å². The van der Waals surface area contributed by atoms with Gasteiger partial charge < -0.3 is 10.3 Å². The number of aromatic nitrogens is 2. The van der Waals surface area contributed by atoms with E-state index in [0.29, 0.717) is 24.2 Å². The van der Waals surface area contributed by atoms with E-state index in [2.05, 4.69) is 33.0 Å². The molecule has 2 aromatic heterocycles. The first kappa shape index (κ1) is 11.8. The van der Waals surface area contributed by atoms with Gasteiger partial charge in [-0.3, -0.25) is 0 Å². The van der Waals surface area contributed by atoms with Crippen LogP contribution in [0.3, 0.4) is 0 Å². The van der Waals surface area contributed by atoms with E-state index in [1.54, 1.807) is 11.3 Å². The van der Waals surface area contributed by atoms with Crippen LogP contribution in [0.4, 0.5) is 0 Å². The maximum absolute atomic E-state index is 5.55. The summed E-state index contributed by atoms with van der Waals surface area (Å²) in [6.45, 7) is 2.69. The smallest absolute Gasteiger partial charge is 0.227 e. The van der Waals surface area contributed by atoms with Crippen molar-refractivity contribution in [2.45, 2.75) is 13.3 Å². The van der Waals surface area contributed by atoms with Gasteiger partial charge in [0.25, 0.3) is 0 Å². The summed E-state index contributed by atoms with van der Waals surface area (Å²) >= 11 is 4.98. The van der Waals surface area contributed by atoms with E-state index in [-0.39, 0.29) is 0 Å². The van der Waals surface area contributed by atoms with Gasteiger partial charge in [-0.25, -0.2) is 0 Å². The Morgan fingerprint density at radius 3 is 3.06 bits per heavy atom. The molecule has 4 nitrogen and oxygen atoms in total. The Balaban J connectivity index is 2.13. The van der Waals surface area contributed by atoms with Crippen LogP contribution in [-0.2, 0) is 6.42 Å². The number of halogens is 1. The summed E-state index contributed by atoms with van der Waals surface area (Å²) in [4.78, 5) is 5.34. The van der Waals surface area contributed by atoms with Crippen LogP contribution in [0.25, 0.3) is 10.7 Å². The molecule has 16 heavy (non-hydrogen) atoms. The van der Waals surface area contributed by atoms with E-state index in [0.717, 1.165) is 15.8 Å². The molecule has 0 aliphatic carbocycles. The molecule has 0 saturated heterocycles. The standard InChI is InChI=1S/C10H12BrN3OS/c1-6(4-12)2-9-13-10(14-15-9)8-3-7(11)5-16-8/h3,5-6H,2,4,12H2,1H3. The fourth-order valence-corrected chi connectivity index (χ4v) is 2.60. The summed E-state index contributed by atoms with van der Waals surface area (Å²) in [6.07, 6.45) is 0.732. The molecule has 2 heterocycles. The van der Waals surface area contributed by atoms with Gasteiger partial charge >= 0.3 is 0 Å². The third-order valence-electron chi connectivity index (χ3n) is 2.18. The SMILES string of the molecule is CC(CN)Cc1nc(-c2cc(Br)cs2)no1. The highest BCUT2D eigenvalue weighted by molar-refractivity contribution is 9.10. The zero-order valence-electron chi connectivity index (χ0n) is 8.81. The predicted molar refractivity (Wildman–Crippen MR) is 67.2 cm³/mol. The molecule has 2 aromatic rings. The van der Waals surface area contributed by atoms with Gasteiger partial charge in [0.2, 0.25) is 11.7 Å². The fraction of sp³-hybridized carbons (Fsp3) is 0.400. The highest BCUT2D eigenvalue weighted by atomic mass is 79.9. The number of thiophene rings is 1. The first-order chi connectivity index (χ1) is 7.69. The van der Waals surface area contributed by atoms with Crippen molar-refractivity contribution in [2.75, 3.05) is 6.54 Å². The summed E-state index contributed by atoms with van der Waals surface area (Å²) in [6, 6.07) is 1.98. The van der Waals surface area contributed by atoms with Crippen LogP contribution in [0.5, 0.6) is 0 Å². The monoisotopic (exact) mass is 301 g/mol. The van der Waals surface area contributed by atoms with Crippen LogP contribution in [0.2, 0.25) is 0 Å². The second kappa shape index (κ2) is 5.07. The summed E-state index contributed by atoms with van der Waals surface area (Å²) in [5, 5.41) is 5.94. The van der Waals surface area contributed by atoms with Gasteiger partial charge in [-0.05, 0) is 34.5 Å². The third-order valence-corrected chi connectivity index (χ3v) is 3.87. The molecule has 0 fully saturated rings. The average Bonchev–Trinajstić information content (AvgIpc) is 2.87. The molecule has 0 radical (unpaired) electrons. The summed E-state index contributed by atoms with van der Waals surface area (Å²) < 4.78 is 6.21. The van der Waals surface area contributed by atoms with Gasteiger partial charge in [0.15, 0.2) is 0 Å². The highest BCUT2D eigenvalue weighted by Crippen LogP contribution is 2.27. The molecule has 0 saturated carbocycles. The molecule has 86 valence electrons. The molecule has 1 unspecified atom stereocenters. The van der Waals surface area contributed by atoms with Gasteiger partial charge in [-0.15, -0.1) is 11.3 Å². The number of nitrogens with two attached hydrogens (primary N) is 1. The molecule has 0 aliphatic heterocycles. The first-order valence-electron chi connectivity index (χ1n) is 4.96. The Morgan fingerprint density at radius 1 is 1.62 bits per heavy atom. The van der Waals surface area contributed by atoms with E-state index in [1.165, 1.54) is 0 Å². The van der Waals surface area contributed by atoms with Gasteiger partial charge in [-0.2, -0.15) is 4.98 Å². The van der Waals surface area contributed by atoms with Crippen LogP contribution in [0.15, 0.2) is 20.4 Å². The summed E-state index contributed by atoms with van der Waals surface area (Å²) in [7, 11) is 0. The lowest BCUT2D eigenvalue weighted by Crippen LogP contribution is -2.13. The topological polar surface area (TPSA) is 64.9 Å². The molecule has 2 rings (SSSR count). The minimum Gasteiger partial charge on any atom is -0.339 e. The van der Waals surface area contributed by atoms with Crippen molar-refractivity contribution in [3.63, 3.8) is 0 Å². The summed E-state index contributed by atoms with van der Waals surface area (Å²) in [5.41, 5.74) is 5.55. The van der Waals surface area contributed by atoms with Crippen molar-refractivity contribution < 1.29 is 4.52 Å². The largest absolute Gasteiger partial charge is 0.339 e. The molecule has 0 aromatic carbocycles. The van der Waals surface area contributed by atoms with Crippen molar-refractivity contribution in [3.05, 3.63) is 21.8 Å². The van der Waals surface area contributed by atoms with Gasteiger partial charge in [0, 0.05) is 16.3 Å². The zero-order chi connectivity index (χ0) is 11.5. The Bertz CT molecular complexity index is 468. The van der Waals surface area contributed by atoms with Crippen molar-refractivity contribution in [1.29, 1.82) is 0 Å². The second-order valence-electron chi connectivity index (χ2n) is 3.69. The Kier molecular flexibility index (Phi) is 3.73. The van der Waals surface area contributed by atoms with Crippen molar-refractivity contribution in [2.24, 2.45) is 11.7 Å². The molecule has 0 aliphatic rings. The van der Waals surface area contributed by atoms with Crippen LogP contribution < -0.4 is 5.73 Å². The maximum Gasteiger partial charge on any atom is 0.227 e. The van der Waals surface area contributed by atoms with Crippen LogP contribution in [0, 0.1) is 5.92 Å². The average molecular weight is 302 g/mol. The van der Waals surface area contributed by atoms with Crippen LogP contribution >= 0.6 is 27.3 Å². The van der Waals surface area contributed by atoms with E-state index in [1.807, 2.05) is 11.4 Å². The molecular formula is C10H12BrN3OS.